The maximum absolute atomic E-state index is 11.7. The van der Waals surface area contributed by atoms with E-state index >= 15 is 0 Å². The quantitative estimate of drug-likeness (QED) is 0.531. The smallest absolute Gasteiger partial charge is 0.170 e. The molecule has 0 saturated heterocycles. The minimum Gasteiger partial charge on any atom is -0.299 e. The van der Waals surface area contributed by atoms with Crippen LogP contribution in [0.3, 0.4) is 0 Å². The first-order valence-electron chi connectivity index (χ1n) is 6.23. The van der Waals surface area contributed by atoms with E-state index in [0.29, 0.717) is 17.9 Å². The molecule has 0 fully saturated rings. The fourth-order valence-corrected chi connectivity index (χ4v) is 1.61. The van der Waals surface area contributed by atoms with E-state index < -0.39 is 0 Å². The van der Waals surface area contributed by atoms with Crippen molar-refractivity contribution >= 4 is 11.6 Å². The van der Waals surface area contributed by atoms with Gasteiger partial charge in [-0.2, -0.15) is 0 Å². The molecule has 0 aliphatic rings. The van der Waals surface area contributed by atoms with E-state index in [1.165, 1.54) is 0 Å². The normalized spacial score (nSPS) is 12.1. The summed E-state index contributed by atoms with van der Waals surface area (Å²) >= 11 is 0. The third kappa shape index (κ3) is 4.94. The number of carbonyl (C=O) groups is 2. The third-order valence-corrected chi connectivity index (χ3v) is 3.07. The molecule has 0 unspecified atom stereocenters. The van der Waals surface area contributed by atoms with Gasteiger partial charge in [-0.1, -0.05) is 50.6 Å². The molecule has 0 aromatic heterocycles. The van der Waals surface area contributed by atoms with Gasteiger partial charge in [0, 0.05) is 12.0 Å². The van der Waals surface area contributed by atoms with Crippen LogP contribution in [0.4, 0.5) is 0 Å². The highest BCUT2D eigenvalue weighted by Gasteiger charge is 2.12. The van der Waals surface area contributed by atoms with Gasteiger partial charge >= 0.3 is 0 Å². The maximum atomic E-state index is 11.7. The van der Waals surface area contributed by atoms with Gasteiger partial charge < -0.3 is 0 Å². The molecule has 92 valence electrons. The summed E-state index contributed by atoms with van der Waals surface area (Å²) in [6.45, 7) is 4.25. The van der Waals surface area contributed by atoms with Crippen molar-refractivity contribution in [2.24, 2.45) is 5.92 Å². The Hall–Kier alpha value is -1.44. The van der Waals surface area contributed by atoms with Crippen molar-refractivity contribution in [1.29, 1.82) is 0 Å². The largest absolute Gasteiger partial charge is 0.299 e. The van der Waals surface area contributed by atoms with Crippen LogP contribution in [0, 0.1) is 5.92 Å². The number of hydrogen-bond donors (Lipinski definition) is 0. The van der Waals surface area contributed by atoms with Crippen LogP contribution in [-0.4, -0.2) is 11.6 Å². The van der Waals surface area contributed by atoms with E-state index in [0.717, 1.165) is 12.8 Å². The predicted molar refractivity (Wildman–Crippen MR) is 69.1 cm³/mol. The topological polar surface area (TPSA) is 34.1 Å². The molecule has 0 aliphatic carbocycles. The number of Topliss-reactive ketones (excluding diaryl/α,β-unsaturated/α-hetero) is 2. The second-order valence-corrected chi connectivity index (χ2v) is 4.56. The number of carbonyl (C=O) groups excluding carboxylic acids is 2. The van der Waals surface area contributed by atoms with Crippen molar-refractivity contribution in [2.45, 2.75) is 39.5 Å². The van der Waals surface area contributed by atoms with Crippen LogP contribution in [0.5, 0.6) is 0 Å². The number of ketones is 2. The lowest BCUT2D eigenvalue weighted by Gasteiger charge is -2.06. The standard InChI is InChI=1S/C15H20O2/c1-3-12(2)9-10-14(16)11-15(17)13-7-5-4-6-8-13/h4-8,12H,3,9-11H2,1-2H3/t12-/m1/s1. The van der Waals surface area contributed by atoms with E-state index in [1.54, 1.807) is 12.1 Å². The Balaban J connectivity index is 2.39. The van der Waals surface area contributed by atoms with Crippen LogP contribution in [0.25, 0.3) is 0 Å². The molecule has 0 amide bonds. The maximum Gasteiger partial charge on any atom is 0.170 e. The molecular weight excluding hydrogens is 212 g/mol. The van der Waals surface area contributed by atoms with Gasteiger partial charge in [-0.3, -0.25) is 9.59 Å². The highest BCUT2D eigenvalue weighted by molar-refractivity contribution is 6.07. The Morgan fingerprint density at radius 1 is 1.18 bits per heavy atom. The van der Waals surface area contributed by atoms with E-state index in [2.05, 4.69) is 13.8 Å². The Morgan fingerprint density at radius 2 is 1.82 bits per heavy atom. The lowest BCUT2D eigenvalue weighted by Crippen LogP contribution is -2.09. The number of rotatable bonds is 7. The molecule has 0 N–H and O–H groups in total. The lowest BCUT2D eigenvalue weighted by atomic mass is 9.98. The first-order chi connectivity index (χ1) is 8.13. The van der Waals surface area contributed by atoms with Crippen LogP contribution in [-0.2, 0) is 4.79 Å². The molecule has 2 nitrogen and oxygen atoms in total. The lowest BCUT2D eigenvalue weighted by molar-refractivity contribution is -0.118. The van der Waals surface area contributed by atoms with Crippen molar-refractivity contribution in [1.82, 2.24) is 0 Å². The summed E-state index contributed by atoms with van der Waals surface area (Å²) in [4.78, 5) is 23.4. The summed E-state index contributed by atoms with van der Waals surface area (Å²) in [6.07, 6.45) is 2.53. The Kier molecular flexibility index (Phi) is 5.61. The molecule has 0 heterocycles. The fraction of sp³-hybridized carbons (Fsp3) is 0.467. The number of benzene rings is 1. The van der Waals surface area contributed by atoms with E-state index in [9.17, 15) is 9.59 Å². The molecule has 1 aromatic carbocycles. The molecule has 0 saturated carbocycles. The first kappa shape index (κ1) is 13.6. The van der Waals surface area contributed by atoms with Crippen LogP contribution < -0.4 is 0 Å². The Bertz CT molecular complexity index is 368. The zero-order valence-electron chi connectivity index (χ0n) is 10.6. The molecule has 0 aliphatic heterocycles. The summed E-state index contributed by atoms with van der Waals surface area (Å²) < 4.78 is 0. The van der Waals surface area contributed by atoms with Crippen molar-refractivity contribution < 1.29 is 9.59 Å². The van der Waals surface area contributed by atoms with Crippen molar-refractivity contribution in [2.75, 3.05) is 0 Å². The molecule has 17 heavy (non-hydrogen) atoms. The van der Waals surface area contributed by atoms with Crippen molar-refractivity contribution in [3.8, 4) is 0 Å². The van der Waals surface area contributed by atoms with E-state index in [-0.39, 0.29) is 18.0 Å². The van der Waals surface area contributed by atoms with E-state index in [1.807, 2.05) is 18.2 Å². The van der Waals surface area contributed by atoms with Gasteiger partial charge in [-0.05, 0) is 12.3 Å². The van der Waals surface area contributed by atoms with E-state index in [4.69, 9.17) is 0 Å². The summed E-state index contributed by atoms with van der Waals surface area (Å²) in [7, 11) is 0. The minimum absolute atomic E-state index is 0.0421. The van der Waals surface area contributed by atoms with Crippen LogP contribution in [0.15, 0.2) is 30.3 Å². The highest BCUT2D eigenvalue weighted by Crippen LogP contribution is 2.12. The average molecular weight is 232 g/mol. The summed E-state index contributed by atoms with van der Waals surface area (Å²) in [6, 6.07) is 9.00. The second kappa shape index (κ2) is 7.00. The highest BCUT2D eigenvalue weighted by atomic mass is 16.1. The average Bonchev–Trinajstić information content (AvgIpc) is 2.36. The fourth-order valence-electron chi connectivity index (χ4n) is 1.61. The van der Waals surface area contributed by atoms with Gasteiger partial charge in [-0.25, -0.2) is 0 Å². The SMILES string of the molecule is CC[C@@H](C)CCC(=O)CC(=O)c1ccccc1. The van der Waals surface area contributed by atoms with Gasteiger partial charge in [0.25, 0.3) is 0 Å². The van der Waals surface area contributed by atoms with Crippen LogP contribution in [0.1, 0.15) is 49.9 Å². The Labute approximate surface area is 103 Å². The zero-order chi connectivity index (χ0) is 12.7. The Morgan fingerprint density at radius 3 is 2.41 bits per heavy atom. The van der Waals surface area contributed by atoms with Gasteiger partial charge in [-0.15, -0.1) is 0 Å². The first-order valence-corrected chi connectivity index (χ1v) is 6.23. The summed E-state index contributed by atoms with van der Waals surface area (Å²) in [5.41, 5.74) is 0.629. The van der Waals surface area contributed by atoms with Crippen molar-refractivity contribution in [3.63, 3.8) is 0 Å². The second-order valence-electron chi connectivity index (χ2n) is 4.56. The zero-order valence-corrected chi connectivity index (χ0v) is 10.6. The summed E-state index contributed by atoms with van der Waals surface area (Å²) in [5.74, 6) is 0.546. The molecule has 1 atom stereocenters. The monoisotopic (exact) mass is 232 g/mol. The van der Waals surface area contributed by atoms with Gasteiger partial charge in [0.05, 0.1) is 6.42 Å². The van der Waals surface area contributed by atoms with Crippen LogP contribution >= 0.6 is 0 Å². The van der Waals surface area contributed by atoms with Gasteiger partial charge in [0.2, 0.25) is 0 Å². The molecule has 0 spiro atoms. The molecule has 0 bridgehead atoms. The number of hydrogen-bond acceptors (Lipinski definition) is 2. The minimum atomic E-state index is -0.0697. The van der Waals surface area contributed by atoms with Gasteiger partial charge in [0.15, 0.2) is 5.78 Å². The third-order valence-electron chi connectivity index (χ3n) is 3.07. The molecule has 2 heteroatoms. The molecule has 1 rings (SSSR count). The molecule has 1 aromatic rings. The van der Waals surface area contributed by atoms with Crippen LogP contribution in [0.2, 0.25) is 0 Å². The predicted octanol–water partition coefficient (Wildman–Crippen LogP) is 3.65. The summed E-state index contributed by atoms with van der Waals surface area (Å²) in [5, 5.41) is 0. The molecule has 0 radical (unpaired) electrons. The molecular formula is C15H20O2. The van der Waals surface area contributed by atoms with Gasteiger partial charge in [0.1, 0.15) is 5.78 Å². The van der Waals surface area contributed by atoms with Crippen molar-refractivity contribution in [3.05, 3.63) is 35.9 Å².